The average Bonchev–Trinajstić information content (AvgIpc) is 3.12. The predicted octanol–water partition coefficient (Wildman–Crippen LogP) is -0.350. The van der Waals surface area contributed by atoms with Crippen LogP contribution in [0.15, 0.2) is 16.8 Å². The molecule has 7 nitrogen and oxygen atoms in total. The summed E-state index contributed by atoms with van der Waals surface area (Å²) in [6, 6.07) is 1.47. The summed E-state index contributed by atoms with van der Waals surface area (Å²) in [5, 5.41) is 6.16. The van der Waals surface area contributed by atoms with Gasteiger partial charge in [0.25, 0.3) is 5.91 Å². The van der Waals surface area contributed by atoms with Crippen molar-refractivity contribution in [1.29, 1.82) is 0 Å². The minimum Gasteiger partial charge on any atom is -0.375 e. The van der Waals surface area contributed by atoms with Crippen LogP contribution in [0.4, 0.5) is 0 Å². The van der Waals surface area contributed by atoms with E-state index in [4.69, 9.17) is 9.26 Å². The number of fused-ring (bicyclic) bond motifs is 1. The third-order valence-electron chi connectivity index (χ3n) is 3.79. The topological polar surface area (TPSA) is 84.7 Å². The maximum Gasteiger partial charge on any atom is 0.292 e. The third kappa shape index (κ3) is 1.90. The summed E-state index contributed by atoms with van der Waals surface area (Å²) in [6.45, 7) is 0.928. The van der Waals surface area contributed by atoms with Gasteiger partial charge in [0, 0.05) is 26.3 Å². The Morgan fingerprint density at radius 1 is 1.53 bits per heavy atom. The Kier molecular flexibility index (Phi) is 2.98. The first-order chi connectivity index (χ1) is 9.22. The largest absolute Gasteiger partial charge is 0.375 e. The van der Waals surface area contributed by atoms with Crippen molar-refractivity contribution >= 4 is 11.8 Å². The van der Waals surface area contributed by atoms with Gasteiger partial charge in [0.05, 0.1) is 24.3 Å². The first kappa shape index (κ1) is 12.2. The zero-order valence-corrected chi connectivity index (χ0v) is 10.5. The first-order valence-electron chi connectivity index (χ1n) is 6.27. The number of carbonyl (C=O) groups is 2. The number of rotatable bonds is 2. The van der Waals surface area contributed by atoms with Gasteiger partial charge in [-0.05, 0) is 6.42 Å². The minimum absolute atomic E-state index is 0.0556. The van der Waals surface area contributed by atoms with Gasteiger partial charge in [0.2, 0.25) is 11.7 Å². The van der Waals surface area contributed by atoms with Gasteiger partial charge in [-0.2, -0.15) is 0 Å². The van der Waals surface area contributed by atoms with Crippen molar-refractivity contribution in [2.75, 3.05) is 20.2 Å². The summed E-state index contributed by atoms with van der Waals surface area (Å²) >= 11 is 0. The second kappa shape index (κ2) is 4.65. The minimum atomic E-state index is -0.315. The van der Waals surface area contributed by atoms with E-state index in [0.29, 0.717) is 13.2 Å². The zero-order chi connectivity index (χ0) is 13.4. The maximum atomic E-state index is 12.3. The number of nitrogens with one attached hydrogen (secondary N) is 1. The van der Waals surface area contributed by atoms with Gasteiger partial charge in [0.1, 0.15) is 0 Å². The van der Waals surface area contributed by atoms with Crippen LogP contribution >= 0.6 is 0 Å². The number of aromatic nitrogens is 1. The van der Waals surface area contributed by atoms with Crippen LogP contribution in [-0.4, -0.2) is 54.2 Å². The van der Waals surface area contributed by atoms with E-state index in [-0.39, 0.29) is 35.6 Å². The number of carbonyl (C=O) groups excluding carboxylic acids is 2. The first-order valence-corrected chi connectivity index (χ1v) is 6.27. The smallest absolute Gasteiger partial charge is 0.292 e. The molecule has 7 heteroatoms. The lowest BCUT2D eigenvalue weighted by Gasteiger charge is -2.20. The number of hydrogen-bond donors (Lipinski definition) is 1. The van der Waals surface area contributed by atoms with Crippen molar-refractivity contribution < 1.29 is 18.8 Å². The highest BCUT2D eigenvalue weighted by atomic mass is 16.5. The van der Waals surface area contributed by atoms with Gasteiger partial charge < -0.3 is 19.5 Å². The van der Waals surface area contributed by atoms with Crippen molar-refractivity contribution in [1.82, 2.24) is 15.4 Å². The molecule has 0 bridgehead atoms. The molecule has 2 saturated heterocycles. The van der Waals surface area contributed by atoms with Crippen LogP contribution < -0.4 is 5.32 Å². The maximum absolute atomic E-state index is 12.3. The lowest BCUT2D eigenvalue weighted by atomic mass is 10.0. The number of likely N-dealkylation sites (tertiary alicyclic amines) is 1. The summed E-state index contributed by atoms with van der Waals surface area (Å²) in [5.41, 5.74) is 0. The van der Waals surface area contributed by atoms with E-state index in [0.717, 1.165) is 6.42 Å². The Morgan fingerprint density at radius 2 is 2.37 bits per heavy atom. The molecule has 2 aliphatic rings. The summed E-state index contributed by atoms with van der Waals surface area (Å²) in [7, 11) is 1.59. The summed E-state index contributed by atoms with van der Waals surface area (Å²) < 4.78 is 10.5. The zero-order valence-electron chi connectivity index (χ0n) is 10.5. The SMILES string of the molecule is CNC(=O)[C@@H]1CN(C(=O)c2ccno2)[C@H]2CCO[C@@H]12. The van der Waals surface area contributed by atoms with Crippen molar-refractivity contribution in [2.45, 2.75) is 18.6 Å². The van der Waals surface area contributed by atoms with E-state index in [1.807, 2.05) is 0 Å². The highest BCUT2D eigenvalue weighted by Crippen LogP contribution is 2.34. The van der Waals surface area contributed by atoms with E-state index in [9.17, 15) is 9.59 Å². The fraction of sp³-hybridized carbons (Fsp3) is 0.583. The fourth-order valence-corrected chi connectivity index (χ4v) is 2.89. The fourth-order valence-electron chi connectivity index (χ4n) is 2.89. The van der Waals surface area contributed by atoms with Crippen molar-refractivity contribution in [3.05, 3.63) is 18.0 Å². The molecular weight excluding hydrogens is 250 g/mol. The molecule has 1 N–H and O–H groups in total. The highest BCUT2D eigenvalue weighted by molar-refractivity contribution is 5.93. The van der Waals surface area contributed by atoms with E-state index in [1.54, 1.807) is 11.9 Å². The van der Waals surface area contributed by atoms with Crippen LogP contribution in [0.3, 0.4) is 0 Å². The monoisotopic (exact) mass is 265 g/mol. The van der Waals surface area contributed by atoms with Crippen molar-refractivity contribution in [3.63, 3.8) is 0 Å². The Bertz CT molecular complexity index is 487. The molecule has 1 aromatic heterocycles. The lowest BCUT2D eigenvalue weighted by molar-refractivity contribution is -0.127. The Hall–Kier alpha value is -1.89. The quantitative estimate of drug-likeness (QED) is 0.790. The van der Waals surface area contributed by atoms with E-state index < -0.39 is 0 Å². The van der Waals surface area contributed by atoms with Crippen LogP contribution in [0.5, 0.6) is 0 Å². The Balaban J connectivity index is 1.83. The molecule has 0 aromatic carbocycles. The molecule has 2 amide bonds. The van der Waals surface area contributed by atoms with Gasteiger partial charge in [0.15, 0.2) is 0 Å². The normalized spacial score (nSPS) is 29.3. The van der Waals surface area contributed by atoms with Gasteiger partial charge in [-0.15, -0.1) is 0 Å². The average molecular weight is 265 g/mol. The molecule has 0 unspecified atom stereocenters. The van der Waals surface area contributed by atoms with Gasteiger partial charge in [-0.3, -0.25) is 9.59 Å². The number of amides is 2. The highest BCUT2D eigenvalue weighted by Gasteiger charge is 2.50. The number of ether oxygens (including phenoxy) is 1. The number of nitrogens with zero attached hydrogens (tertiary/aromatic N) is 2. The van der Waals surface area contributed by atoms with Crippen LogP contribution in [0.1, 0.15) is 17.0 Å². The van der Waals surface area contributed by atoms with Crippen LogP contribution in [0.25, 0.3) is 0 Å². The molecule has 102 valence electrons. The van der Waals surface area contributed by atoms with Crippen molar-refractivity contribution in [3.8, 4) is 0 Å². The number of hydrogen-bond acceptors (Lipinski definition) is 5. The third-order valence-corrected chi connectivity index (χ3v) is 3.79. The van der Waals surface area contributed by atoms with E-state index in [1.165, 1.54) is 12.3 Å². The van der Waals surface area contributed by atoms with E-state index in [2.05, 4.69) is 10.5 Å². The van der Waals surface area contributed by atoms with Crippen LogP contribution in [-0.2, 0) is 9.53 Å². The molecule has 3 atom stereocenters. The standard InChI is InChI=1S/C12H15N3O4/c1-13-11(16)7-6-15(8-3-5-18-10(7)8)12(17)9-2-4-14-19-9/h2,4,7-8,10H,3,5-6H2,1H3,(H,13,16)/t7-,8+,10+/m1/s1. The molecule has 3 heterocycles. The van der Waals surface area contributed by atoms with Crippen LogP contribution in [0, 0.1) is 5.92 Å². The lowest BCUT2D eigenvalue weighted by Crippen LogP contribution is -2.37. The molecule has 2 fully saturated rings. The second-order valence-corrected chi connectivity index (χ2v) is 4.75. The molecule has 2 aliphatic heterocycles. The van der Waals surface area contributed by atoms with Gasteiger partial charge >= 0.3 is 0 Å². The molecule has 19 heavy (non-hydrogen) atoms. The molecule has 1 aromatic rings. The molecule has 0 saturated carbocycles. The summed E-state index contributed by atoms with van der Waals surface area (Å²) in [5.74, 6) is -0.443. The predicted molar refractivity (Wildman–Crippen MR) is 63.2 cm³/mol. The molecule has 0 radical (unpaired) electrons. The van der Waals surface area contributed by atoms with Gasteiger partial charge in [-0.1, -0.05) is 5.16 Å². The Morgan fingerprint density at radius 3 is 3.05 bits per heavy atom. The van der Waals surface area contributed by atoms with Crippen LogP contribution in [0.2, 0.25) is 0 Å². The second-order valence-electron chi connectivity index (χ2n) is 4.75. The molecular formula is C12H15N3O4. The summed E-state index contributed by atoms with van der Waals surface area (Å²) in [4.78, 5) is 25.8. The van der Waals surface area contributed by atoms with Gasteiger partial charge in [-0.25, -0.2) is 0 Å². The molecule has 0 aliphatic carbocycles. The molecule has 3 rings (SSSR count). The van der Waals surface area contributed by atoms with E-state index >= 15 is 0 Å². The summed E-state index contributed by atoms with van der Waals surface area (Å²) in [6.07, 6.45) is 1.96. The van der Waals surface area contributed by atoms with Crippen molar-refractivity contribution in [2.24, 2.45) is 5.92 Å². The molecule has 0 spiro atoms. The Labute approximate surface area is 109 Å².